The molecule has 0 amide bonds. The quantitative estimate of drug-likeness (QED) is 0.743. The molecule has 0 bridgehead atoms. The molecular weight excluding hydrogens is 218 g/mol. The molecule has 0 saturated carbocycles. The maximum Gasteiger partial charge on any atom is 0.212 e. The van der Waals surface area contributed by atoms with E-state index in [1.54, 1.807) is 43.4 Å². The lowest BCUT2D eigenvalue weighted by Crippen LogP contribution is -2.10. The van der Waals surface area contributed by atoms with Crippen LogP contribution in [0.4, 0.5) is 0 Å². The van der Waals surface area contributed by atoms with E-state index in [1.165, 1.54) is 0 Å². The maximum atomic E-state index is 11.9. The van der Waals surface area contributed by atoms with Gasteiger partial charge in [0.2, 0.25) is 11.7 Å². The summed E-state index contributed by atoms with van der Waals surface area (Å²) in [5.41, 5.74) is 0.846. The van der Waals surface area contributed by atoms with Gasteiger partial charge in [-0.1, -0.05) is 6.07 Å². The first kappa shape index (κ1) is 11.3. The normalized spacial score (nSPS) is 10.2. The third-order valence-electron chi connectivity index (χ3n) is 2.44. The molecular formula is C12H13N3O2. The Kier molecular flexibility index (Phi) is 3.18. The van der Waals surface area contributed by atoms with Crippen molar-refractivity contribution in [2.24, 2.45) is 7.05 Å². The zero-order chi connectivity index (χ0) is 12.3. The third kappa shape index (κ3) is 2.50. The van der Waals surface area contributed by atoms with Crippen LogP contribution in [0.25, 0.3) is 0 Å². The second-order valence-corrected chi connectivity index (χ2v) is 3.67. The number of Topliss-reactive ketones (excluding diaryl/α,β-unsaturated/α-hetero) is 1. The lowest BCUT2D eigenvalue weighted by molar-refractivity contribution is 0.0980. The molecule has 2 heterocycles. The standard InChI is InChI=1S/C12H13N3O2/c1-15-6-5-13-12(15)10(16)7-9-3-4-11(17-2)14-8-9/h3-6,8H,7H2,1-2H3. The number of imidazole rings is 1. The van der Waals surface area contributed by atoms with E-state index in [9.17, 15) is 4.79 Å². The predicted molar refractivity (Wildman–Crippen MR) is 62.0 cm³/mol. The average molecular weight is 231 g/mol. The lowest BCUT2D eigenvalue weighted by Gasteiger charge is -2.02. The van der Waals surface area contributed by atoms with Gasteiger partial charge in [-0.05, 0) is 5.56 Å². The number of carbonyl (C=O) groups is 1. The summed E-state index contributed by atoms with van der Waals surface area (Å²) in [6.45, 7) is 0. The molecule has 88 valence electrons. The monoisotopic (exact) mass is 231 g/mol. The van der Waals surface area contributed by atoms with Crippen LogP contribution in [-0.2, 0) is 13.5 Å². The first-order valence-corrected chi connectivity index (χ1v) is 5.20. The van der Waals surface area contributed by atoms with Crippen LogP contribution in [0.15, 0.2) is 30.7 Å². The number of ether oxygens (including phenoxy) is 1. The minimum Gasteiger partial charge on any atom is -0.481 e. The van der Waals surface area contributed by atoms with Crippen LogP contribution in [0.1, 0.15) is 16.2 Å². The maximum absolute atomic E-state index is 11.9. The van der Waals surface area contributed by atoms with Gasteiger partial charge in [0.15, 0.2) is 5.82 Å². The van der Waals surface area contributed by atoms with Gasteiger partial charge >= 0.3 is 0 Å². The second-order valence-electron chi connectivity index (χ2n) is 3.67. The molecule has 0 fully saturated rings. The molecule has 0 aliphatic heterocycles. The number of aromatic nitrogens is 3. The molecule has 0 saturated heterocycles. The van der Waals surface area contributed by atoms with Gasteiger partial charge in [-0.3, -0.25) is 4.79 Å². The average Bonchev–Trinajstić information content (AvgIpc) is 2.76. The van der Waals surface area contributed by atoms with Gasteiger partial charge in [0, 0.05) is 38.1 Å². The van der Waals surface area contributed by atoms with E-state index in [-0.39, 0.29) is 5.78 Å². The van der Waals surface area contributed by atoms with Crippen molar-refractivity contribution in [3.05, 3.63) is 42.1 Å². The summed E-state index contributed by atoms with van der Waals surface area (Å²) in [4.78, 5) is 20.0. The molecule has 2 aromatic rings. The van der Waals surface area contributed by atoms with Crippen molar-refractivity contribution < 1.29 is 9.53 Å². The molecule has 0 aromatic carbocycles. The highest BCUT2D eigenvalue weighted by atomic mass is 16.5. The van der Waals surface area contributed by atoms with Gasteiger partial charge < -0.3 is 9.30 Å². The summed E-state index contributed by atoms with van der Waals surface area (Å²) >= 11 is 0. The van der Waals surface area contributed by atoms with Gasteiger partial charge in [0.1, 0.15) is 0 Å². The molecule has 0 radical (unpaired) electrons. The molecule has 0 spiro atoms. The third-order valence-corrected chi connectivity index (χ3v) is 2.44. The number of pyridine rings is 1. The van der Waals surface area contributed by atoms with E-state index >= 15 is 0 Å². The van der Waals surface area contributed by atoms with Gasteiger partial charge in [-0.2, -0.15) is 0 Å². The first-order valence-electron chi connectivity index (χ1n) is 5.20. The summed E-state index contributed by atoms with van der Waals surface area (Å²) in [6, 6.07) is 3.56. The van der Waals surface area contributed by atoms with E-state index < -0.39 is 0 Å². The molecule has 0 aliphatic rings. The Morgan fingerprint density at radius 3 is 2.76 bits per heavy atom. The Labute approximate surface area is 99.1 Å². The van der Waals surface area contributed by atoms with E-state index in [2.05, 4.69) is 9.97 Å². The van der Waals surface area contributed by atoms with Crippen molar-refractivity contribution in [2.75, 3.05) is 7.11 Å². The summed E-state index contributed by atoms with van der Waals surface area (Å²) in [6.07, 6.45) is 5.29. The van der Waals surface area contributed by atoms with Crippen molar-refractivity contribution in [1.82, 2.24) is 14.5 Å². The summed E-state index contributed by atoms with van der Waals surface area (Å²) in [5.74, 6) is 0.975. The topological polar surface area (TPSA) is 57.0 Å². The van der Waals surface area contributed by atoms with Crippen LogP contribution < -0.4 is 4.74 Å². The summed E-state index contributed by atoms with van der Waals surface area (Å²) < 4.78 is 6.66. The second kappa shape index (κ2) is 4.78. The minimum atomic E-state index is -0.0236. The zero-order valence-electron chi connectivity index (χ0n) is 9.75. The van der Waals surface area contributed by atoms with Crippen molar-refractivity contribution >= 4 is 5.78 Å². The molecule has 0 aliphatic carbocycles. The van der Waals surface area contributed by atoms with Gasteiger partial charge in [-0.25, -0.2) is 9.97 Å². The number of rotatable bonds is 4. The van der Waals surface area contributed by atoms with Crippen molar-refractivity contribution in [2.45, 2.75) is 6.42 Å². The van der Waals surface area contributed by atoms with Gasteiger partial charge in [-0.15, -0.1) is 0 Å². The highest BCUT2D eigenvalue weighted by Gasteiger charge is 2.11. The Morgan fingerprint density at radius 2 is 2.24 bits per heavy atom. The van der Waals surface area contributed by atoms with Crippen LogP contribution in [0.3, 0.4) is 0 Å². The van der Waals surface area contributed by atoms with Crippen molar-refractivity contribution in [1.29, 1.82) is 0 Å². The van der Waals surface area contributed by atoms with Crippen molar-refractivity contribution in [3.8, 4) is 5.88 Å². The van der Waals surface area contributed by atoms with Crippen LogP contribution in [-0.4, -0.2) is 27.4 Å². The van der Waals surface area contributed by atoms with Crippen LogP contribution in [0.2, 0.25) is 0 Å². The van der Waals surface area contributed by atoms with Crippen molar-refractivity contribution in [3.63, 3.8) is 0 Å². The molecule has 5 heteroatoms. The Hall–Kier alpha value is -2.17. The molecule has 5 nitrogen and oxygen atoms in total. The Bertz CT molecular complexity index is 517. The summed E-state index contributed by atoms with van der Waals surface area (Å²) in [7, 11) is 3.35. The highest BCUT2D eigenvalue weighted by molar-refractivity contribution is 5.94. The van der Waals surface area contributed by atoms with Crippen LogP contribution in [0.5, 0.6) is 5.88 Å². The fraction of sp³-hybridized carbons (Fsp3) is 0.250. The molecule has 2 rings (SSSR count). The number of methoxy groups -OCH3 is 1. The SMILES string of the molecule is COc1ccc(CC(=O)c2nccn2C)cn1. The first-order chi connectivity index (χ1) is 8.20. The number of hydrogen-bond donors (Lipinski definition) is 0. The zero-order valence-corrected chi connectivity index (χ0v) is 9.75. The molecule has 0 N–H and O–H groups in total. The predicted octanol–water partition coefficient (Wildman–Crippen LogP) is 1.25. The van der Waals surface area contributed by atoms with E-state index in [1.807, 2.05) is 6.07 Å². The van der Waals surface area contributed by atoms with Crippen LogP contribution >= 0.6 is 0 Å². The molecule has 0 unspecified atom stereocenters. The van der Waals surface area contributed by atoms with E-state index in [4.69, 9.17) is 4.74 Å². The lowest BCUT2D eigenvalue weighted by atomic mass is 10.1. The number of hydrogen-bond acceptors (Lipinski definition) is 4. The van der Waals surface area contributed by atoms with E-state index in [0.717, 1.165) is 5.56 Å². The fourth-order valence-corrected chi connectivity index (χ4v) is 1.53. The molecule has 17 heavy (non-hydrogen) atoms. The summed E-state index contributed by atoms with van der Waals surface area (Å²) in [5, 5.41) is 0. The van der Waals surface area contributed by atoms with E-state index in [0.29, 0.717) is 18.1 Å². The molecule has 0 atom stereocenters. The number of ketones is 1. The number of aryl methyl sites for hydroxylation is 1. The van der Waals surface area contributed by atoms with Crippen LogP contribution in [0, 0.1) is 0 Å². The minimum absolute atomic E-state index is 0.0236. The number of nitrogens with zero attached hydrogens (tertiary/aromatic N) is 3. The highest BCUT2D eigenvalue weighted by Crippen LogP contribution is 2.09. The smallest absolute Gasteiger partial charge is 0.212 e. The van der Waals surface area contributed by atoms with Gasteiger partial charge in [0.05, 0.1) is 7.11 Å². The Morgan fingerprint density at radius 1 is 1.41 bits per heavy atom. The van der Waals surface area contributed by atoms with Gasteiger partial charge in [0.25, 0.3) is 0 Å². The molecule has 2 aromatic heterocycles. The fourth-order valence-electron chi connectivity index (χ4n) is 1.53. The Balaban J connectivity index is 2.10. The largest absolute Gasteiger partial charge is 0.481 e. The number of carbonyl (C=O) groups excluding carboxylic acids is 1.